The van der Waals surface area contributed by atoms with Gasteiger partial charge in [-0.05, 0) is 29.6 Å². The smallest absolute Gasteiger partial charge is 0.275 e. The summed E-state index contributed by atoms with van der Waals surface area (Å²) in [6.45, 7) is 0. The molecule has 126 valence electrons. The largest absolute Gasteiger partial charge is 0.321 e. The Morgan fingerprint density at radius 2 is 1.76 bits per heavy atom. The first-order valence-corrected chi connectivity index (χ1v) is 8.59. The maximum Gasteiger partial charge on any atom is 0.275 e. The first kappa shape index (κ1) is 17.3. The Bertz CT molecular complexity index is 911. The third-order valence-corrected chi connectivity index (χ3v) is 4.39. The predicted octanol–water partition coefficient (Wildman–Crippen LogP) is 4.35. The predicted molar refractivity (Wildman–Crippen MR) is 98.7 cm³/mol. The summed E-state index contributed by atoms with van der Waals surface area (Å²) in [6.07, 6.45) is 4.23. The van der Waals surface area contributed by atoms with Gasteiger partial charge in [-0.2, -0.15) is 0 Å². The molecule has 0 saturated heterocycles. The summed E-state index contributed by atoms with van der Waals surface area (Å²) in [5, 5.41) is 7.87. The number of hydrogen-bond donors (Lipinski definition) is 2. The van der Waals surface area contributed by atoms with Crippen LogP contribution in [0.25, 0.3) is 0 Å². The van der Waals surface area contributed by atoms with Gasteiger partial charge in [0.25, 0.3) is 11.8 Å². The molecule has 0 atom stereocenters. The van der Waals surface area contributed by atoms with E-state index in [2.05, 4.69) is 20.6 Å². The lowest BCUT2D eigenvalue weighted by Crippen LogP contribution is -2.17. The van der Waals surface area contributed by atoms with E-state index in [0.717, 1.165) is 0 Å². The van der Waals surface area contributed by atoms with Crippen molar-refractivity contribution in [1.82, 2.24) is 9.97 Å². The summed E-state index contributed by atoms with van der Waals surface area (Å²) in [4.78, 5) is 32.7. The fourth-order valence-corrected chi connectivity index (χ4v) is 3.27. The van der Waals surface area contributed by atoms with Crippen LogP contribution in [0.15, 0.2) is 48.2 Å². The van der Waals surface area contributed by atoms with E-state index in [1.165, 1.54) is 29.9 Å². The fraction of sp³-hybridized carbons (Fsp3) is 0. The zero-order valence-corrected chi connectivity index (χ0v) is 14.8. The van der Waals surface area contributed by atoms with Gasteiger partial charge in [-0.25, -0.2) is 4.98 Å². The third-order valence-electron chi connectivity index (χ3n) is 3.04. The second-order valence-electron chi connectivity index (χ2n) is 4.82. The Labute approximate surface area is 156 Å². The van der Waals surface area contributed by atoms with Gasteiger partial charge in [0.15, 0.2) is 0 Å². The van der Waals surface area contributed by atoms with E-state index in [1.807, 2.05) is 0 Å². The van der Waals surface area contributed by atoms with E-state index in [0.29, 0.717) is 26.3 Å². The molecule has 0 saturated carbocycles. The molecule has 0 aliphatic heterocycles. The molecule has 0 radical (unpaired) electrons. The van der Waals surface area contributed by atoms with Crippen LogP contribution in [0.5, 0.6) is 0 Å². The van der Waals surface area contributed by atoms with Crippen LogP contribution in [-0.4, -0.2) is 21.8 Å². The van der Waals surface area contributed by atoms with Crippen LogP contribution in [-0.2, 0) is 0 Å². The van der Waals surface area contributed by atoms with Crippen LogP contribution in [0.4, 0.5) is 11.4 Å². The van der Waals surface area contributed by atoms with Crippen LogP contribution in [0.1, 0.15) is 20.2 Å². The van der Waals surface area contributed by atoms with Gasteiger partial charge in [0.05, 0.1) is 11.9 Å². The number of rotatable bonds is 4. The molecule has 9 heteroatoms. The van der Waals surface area contributed by atoms with Gasteiger partial charge in [-0.3, -0.25) is 14.6 Å². The lowest BCUT2D eigenvalue weighted by Gasteiger charge is -2.08. The zero-order valence-electron chi connectivity index (χ0n) is 12.5. The number of benzene rings is 1. The number of halogens is 2. The average Bonchev–Trinajstić information content (AvgIpc) is 3.03. The van der Waals surface area contributed by atoms with Crippen molar-refractivity contribution in [2.45, 2.75) is 0 Å². The van der Waals surface area contributed by atoms with E-state index in [9.17, 15) is 9.59 Å². The van der Waals surface area contributed by atoms with Crippen molar-refractivity contribution >= 4 is 57.7 Å². The number of aromatic nitrogens is 2. The maximum atomic E-state index is 12.5. The molecule has 0 unspecified atom stereocenters. The van der Waals surface area contributed by atoms with Crippen molar-refractivity contribution in [3.05, 3.63) is 68.9 Å². The molecule has 2 aromatic heterocycles. The normalized spacial score (nSPS) is 10.3. The minimum absolute atomic E-state index is 0.154. The molecule has 2 heterocycles. The number of anilines is 2. The number of amides is 2. The summed E-state index contributed by atoms with van der Waals surface area (Å²) in [7, 11) is 0. The van der Waals surface area contributed by atoms with Crippen LogP contribution < -0.4 is 10.6 Å². The summed E-state index contributed by atoms with van der Waals surface area (Å²) >= 11 is 13.0. The maximum absolute atomic E-state index is 12.5. The molecule has 3 aromatic rings. The van der Waals surface area contributed by atoms with Gasteiger partial charge in [-0.1, -0.05) is 23.2 Å². The fourth-order valence-electron chi connectivity index (χ4n) is 2.00. The number of hydrogen-bond acceptors (Lipinski definition) is 5. The second-order valence-corrected chi connectivity index (χ2v) is 6.61. The van der Waals surface area contributed by atoms with Crippen molar-refractivity contribution in [2.24, 2.45) is 0 Å². The number of thiophene rings is 1. The third kappa shape index (κ3) is 4.33. The quantitative estimate of drug-likeness (QED) is 0.690. The van der Waals surface area contributed by atoms with Gasteiger partial charge in [0.2, 0.25) is 0 Å². The number of carbonyl (C=O) groups is 2. The Morgan fingerprint density at radius 3 is 2.44 bits per heavy atom. The standard InChI is InChI=1S/C16H10Cl2N4O2S/c17-9-5-10(18)7-11(6-9)21-16(24)14-12(1-4-25-14)22-15(23)13-8-19-2-3-20-13/h1-8H,(H,21,24)(H,22,23). The van der Waals surface area contributed by atoms with Crippen LogP contribution >= 0.6 is 34.5 Å². The van der Waals surface area contributed by atoms with Crippen molar-refractivity contribution in [3.8, 4) is 0 Å². The minimum atomic E-state index is -0.452. The summed E-state index contributed by atoms with van der Waals surface area (Å²) in [5.74, 6) is -0.839. The van der Waals surface area contributed by atoms with Crippen LogP contribution in [0.3, 0.4) is 0 Å². The van der Waals surface area contributed by atoms with Crippen LogP contribution in [0.2, 0.25) is 10.0 Å². The molecule has 0 bridgehead atoms. The van der Waals surface area contributed by atoms with Crippen molar-refractivity contribution < 1.29 is 9.59 Å². The lowest BCUT2D eigenvalue weighted by atomic mass is 10.3. The highest BCUT2D eigenvalue weighted by Gasteiger charge is 2.17. The summed E-state index contributed by atoms with van der Waals surface area (Å²) in [5.41, 5.74) is 0.995. The van der Waals surface area contributed by atoms with E-state index in [1.54, 1.807) is 29.6 Å². The van der Waals surface area contributed by atoms with Crippen molar-refractivity contribution in [2.75, 3.05) is 10.6 Å². The highest BCUT2D eigenvalue weighted by Crippen LogP contribution is 2.26. The summed E-state index contributed by atoms with van der Waals surface area (Å²) in [6, 6.07) is 6.36. The molecule has 6 nitrogen and oxygen atoms in total. The van der Waals surface area contributed by atoms with E-state index >= 15 is 0 Å². The molecule has 0 aliphatic rings. The van der Waals surface area contributed by atoms with Gasteiger partial charge in [0.1, 0.15) is 10.6 Å². The number of nitrogens with zero attached hydrogens (tertiary/aromatic N) is 2. The van der Waals surface area contributed by atoms with Gasteiger partial charge in [-0.15, -0.1) is 11.3 Å². The monoisotopic (exact) mass is 392 g/mol. The van der Waals surface area contributed by atoms with E-state index in [-0.39, 0.29) is 11.6 Å². The molecular formula is C16H10Cl2N4O2S. The Hall–Kier alpha value is -2.48. The molecule has 0 spiro atoms. The highest BCUT2D eigenvalue weighted by molar-refractivity contribution is 7.12. The molecule has 0 aliphatic carbocycles. The van der Waals surface area contributed by atoms with Crippen molar-refractivity contribution in [3.63, 3.8) is 0 Å². The minimum Gasteiger partial charge on any atom is -0.321 e. The van der Waals surface area contributed by atoms with Gasteiger partial charge < -0.3 is 10.6 Å². The highest BCUT2D eigenvalue weighted by atomic mass is 35.5. The SMILES string of the molecule is O=C(Nc1ccsc1C(=O)Nc1cc(Cl)cc(Cl)c1)c1cnccn1. The number of carbonyl (C=O) groups excluding carboxylic acids is 2. The first-order valence-electron chi connectivity index (χ1n) is 6.95. The zero-order chi connectivity index (χ0) is 17.8. The molecule has 2 amide bonds. The molecule has 25 heavy (non-hydrogen) atoms. The lowest BCUT2D eigenvalue weighted by molar-refractivity contribution is 0.102. The van der Waals surface area contributed by atoms with Gasteiger partial charge in [0, 0.05) is 28.1 Å². The van der Waals surface area contributed by atoms with Crippen molar-refractivity contribution in [1.29, 1.82) is 0 Å². The van der Waals surface area contributed by atoms with Crippen LogP contribution in [0, 0.1) is 0 Å². The average molecular weight is 393 g/mol. The molecule has 2 N–H and O–H groups in total. The first-order chi connectivity index (χ1) is 12.0. The van der Waals surface area contributed by atoms with E-state index in [4.69, 9.17) is 23.2 Å². The Kier molecular flexibility index (Phi) is 5.28. The molecule has 1 aromatic carbocycles. The Balaban J connectivity index is 1.76. The molecule has 3 rings (SSSR count). The van der Waals surface area contributed by atoms with Gasteiger partial charge >= 0.3 is 0 Å². The summed E-state index contributed by atoms with van der Waals surface area (Å²) < 4.78 is 0. The van der Waals surface area contributed by atoms with E-state index < -0.39 is 5.91 Å². The molecule has 0 fully saturated rings. The topological polar surface area (TPSA) is 84.0 Å². The molecular weight excluding hydrogens is 383 g/mol. The Morgan fingerprint density at radius 1 is 1.00 bits per heavy atom. The number of nitrogens with one attached hydrogen (secondary N) is 2. The second kappa shape index (κ2) is 7.60.